The van der Waals surface area contributed by atoms with Crippen LogP contribution in [0.2, 0.25) is 5.02 Å². The normalized spacial score (nSPS) is 11.1. The van der Waals surface area contributed by atoms with E-state index in [2.05, 4.69) is 16.3 Å². The molecule has 0 saturated heterocycles. The Balaban J connectivity index is 1.79. The molecule has 0 bridgehead atoms. The summed E-state index contributed by atoms with van der Waals surface area (Å²) in [6, 6.07) is 15.7. The van der Waals surface area contributed by atoms with E-state index in [0.717, 1.165) is 34.1 Å². The maximum Gasteiger partial charge on any atom is 0.200 e. The van der Waals surface area contributed by atoms with Crippen molar-refractivity contribution in [3.63, 3.8) is 0 Å². The summed E-state index contributed by atoms with van der Waals surface area (Å²) in [4.78, 5) is 6.42. The molecule has 3 rings (SSSR count). The molecule has 0 unspecified atom stereocenters. The summed E-state index contributed by atoms with van der Waals surface area (Å²) in [6.45, 7) is 4.93. The molecule has 3 aromatic rings. The second-order valence-corrected chi connectivity index (χ2v) is 7.06. The van der Waals surface area contributed by atoms with E-state index in [1.807, 2.05) is 61.3 Å². The van der Waals surface area contributed by atoms with Gasteiger partial charge in [-0.25, -0.2) is 4.99 Å². The lowest BCUT2D eigenvalue weighted by molar-refractivity contribution is 0.493. The molecule has 0 aliphatic heterocycles. The van der Waals surface area contributed by atoms with Crippen LogP contribution < -0.4 is 4.74 Å². The number of rotatable bonds is 6. The van der Waals surface area contributed by atoms with Gasteiger partial charge < -0.3 is 9.64 Å². The minimum atomic E-state index is 0.555. The molecule has 1 heterocycles. The second-order valence-electron chi connectivity index (χ2n) is 5.89. The molecule has 0 fully saturated rings. The third-order valence-corrected chi connectivity index (χ3v) is 4.88. The van der Waals surface area contributed by atoms with Crippen molar-refractivity contribution in [2.45, 2.75) is 13.8 Å². The van der Waals surface area contributed by atoms with Gasteiger partial charge >= 0.3 is 0 Å². The predicted molar refractivity (Wildman–Crippen MR) is 110 cm³/mol. The highest BCUT2D eigenvalue weighted by molar-refractivity contribution is 7.08. The van der Waals surface area contributed by atoms with Crippen molar-refractivity contribution in [1.29, 1.82) is 0 Å². The fourth-order valence-electron chi connectivity index (χ4n) is 2.26. The molecular formula is C20H20ClN3OS. The van der Waals surface area contributed by atoms with Crippen LogP contribution in [0.15, 0.2) is 53.5 Å². The maximum absolute atomic E-state index is 6.37. The van der Waals surface area contributed by atoms with Crippen molar-refractivity contribution in [2.24, 2.45) is 4.99 Å². The van der Waals surface area contributed by atoms with Crippen LogP contribution in [0.3, 0.4) is 0 Å². The summed E-state index contributed by atoms with van der Waals surface area (Å²) in [6.07, 6.45) is 1.77. The van der Waals surface area contributed by atoms with Gasteiger partial charge in [-0.2, -0.15) is 4.37 Å². The summed E-state index contributed by atoms with van der Waals surface area (Å²) >= 11 is 7.69. The Hall–Kier alpha value is -2.37. The number of aryl methyl sites for hydroxylation is 1. The van der Waals surface area contributed by atoms with Gasteiger partial charge in [-0.05, 0) is 25.5 Å². The van der Waals surface area contributed by atoms with Crippen LogP contribution in [0.4, 0.5) is 5.69 Å². The van der Waals surface area contributed by atoms with Crippen molar-refractivity contribution in [3.05, 3.63) is 59.1 Å². The monoisotopic (exact) mass is 385 g/mol. The van der Waals surface area contributed by atoms with Crippen molar-refractivity contribution in [3.8, 4) is 22.1 Å². The summed E-state index contributed by atoms with van der Waals surface area (Å²) in [7, 11) is 1.97. The van der Waals surface area contributed by atoms with E-state index in [1.54, 1.807) is 12.4 Å². The highest BCUT2D eigenvalue weighted by atomic mass is 35.5. The average molecular weight is 386 g/mol. The van der Waals surface area contributed by atoms with Gasteiger partial charge in [-0.3, -0.25) is 0 Å². The van der Waals surface area contributed by atoms with Crippen LogP contribution >= 0.6 is 23.1 Å². The Labute approximate surface area is 162 Å². The lowest BCUT2D eigenvalue weighted by Crippen LogP contribution is -2.14. The van der Waals surface area contributed by atoms with Crippen molar-refractivity contribution in [2.75, 3.05) is 13.6 Å². The molecular weight excluding hydrogens is 366 g/mol. The summed E-state index contributed by atoms with van der Waals surface area (Å²) < 4.78 is 10.5. The average Bonchev–Trinajstić information content (AvgIpc) is 3.12. The number of halogens is 1. The number of benzene rings is 2. The molecule has 26 heavy (non-hydrogen) atoms. The maximum atomic E-state index is 6.37. The van der Waals surface area contributed by atoms with E-state index in [1.165, 1.54) is 11.5 Å². The molecule has 2 aromatic carbocycles. The first-order chi connectivity index (χ1) is 12.6. The molecule has 0 aliphatic rings. The number of hydrogen-bond acceptors (Lipinski definition) is 4. The topological polar surface area (TPSA) is 37.7 Å². The fraction of sp³-hybridized carbons (Fsp3) is 0.200. The number of ether oxygens (including phenoxy) is 1. The van der Waals surface area contributed by atoms with E-state index >= 15 is 0 Å². The number of aliphatic imine (C=N–C) groups is 1. The van der Waals surface area contributed by atoms with E-state index < -0.39 is 0 Å². The van der Waals surface area contributed by atoms with Crippen LogP contribution in [-0.4, -0.2) is 29.2 Å². The zero-order valence-electron chi connectivity index (χ0n) is 14.9. The number of aromatic nitrogens is 1. The SMILES string of the molecule is CCN(C)C=Nc1cc(C)c(Oc2cc(-c3ccccc3)ns2)cc1Cl. The Morgan fingerprint density at radius 3 is 2.73 bits per heavy atom. The van der Waals surface area contributed by atoms with Crippen LogP contribution in [0.25, 0.3) is 11.3 Å². The Morgan fingerprint density at radius 1 is 1.23 bits per heavy atom. The first kappa shape index (κ1) is 18.4. The quantitative estimate of drug-likeness (QED) is 0.375. The minimum absolute atomic E-state index is 0.555. The van der Waals surface area contributed by atoms with Crippen molar-refractivity contribution >= 4 is 35.2 Å². The first-order valence-corrected chi connectivity index (χ1v) is 9.46. The molecule has 6 heteroatoms. The molecule has 0 N–H and O–H groups in total. The van der Waals surface area contributed by atoms with Gasteiger partial charge in [0.2, 0.25) is 5.06 Å². The molecule has 0 saturated carbocycles. The number of hydrogen-bond donors (Lipinski definition) is 0. The Bertz CT molecular complexity index is 909. The van der Waals surface area contributed by atoms with E-state index in [-0.39, 0.29) is 0 Å². The third-order valence-electron chi connectivity index (χ3n) is 3.91. The smallest absolute Gasteiger partial charge is 0.200 e. The Kier molecular flexibility index (Phi) is 5.91. The van der Waals surface area contributed by atoms with Gasteiger partial charge in [0.15, 0.2) is 0 Å². The molecule has 0 amide bonds. The van der Waals surface area contributed by atoms with Crippen LogP contribution in [0, 0.1) is 6.92 Å². The van der Waals surface area contributed by atoms with Gasteiger partial charge in [0.1, 0.15) is 5.75 Å². The first-order valence-electron chi connectivity index (χ1n) is 8.31. The summed E-state index contributed by atoms with van der Waals surface area (Å²) in [5.41, 5.74) is 3.66. The lowest BCUT2D eigenvalue weighted by atomic mass is 10.2. The molecule has 134 valence electrons. The van der Waals surface area contributed by atoms with E-state index in [9.17, 15) is 0 Å². The summed E-state index contributed by atoms with van der Waals surface area (Å²) in [5, 5.41) is 1.28. The third kappa shape index (κ3) is 4.42. The van der Waals surface area contributed by atoms with Crippen LogP contribution in [0.5, 0.6) is 10.8 Å². The fourth-order valence-corrected chi connectivity index (χ4v) is 3.10. The van der Waals surface area contributed by atoms with Gasteiger partial charge in [-0.15, -0.1) is 0 Å². The molecule has 0 spiro atoms. The largest absolute Gasteiger partial charge is 0.445 e. The van der Waals surface area contributed by atoms with Gasteiger partial charge in [-0.1, -0.05) is 41.9 Å². The van der Waals surface area contributed by atoms with Crippen molar-refractivity contribution < 1.29 is 4.74 Å². The lowest BCUT2D eigenvalue weighted by Gasteiger charge is -2.11. The zero-order chi connectivity index (χ0) is 18.5. The standard InChI is InChI=1S/C20H20ClN3OS/c1-4-24(3)13-22-18-10-14(2)19(11-16(18)21)25-20-12-17(23-26-20)15-8-6-5-7-9-15/h5-13H,4H2,1-3H3. The zero-order valence-corrected chi connectivity index (χ0v) is 16.5. The van der Waals surface area contributed by atoms with Crippen LogP contribution in [-0.2, 0) is 0 Å². The van der Waals surface area contributed by atoms with Gasteiger partial charge in [0.25, 0.3) is 0 Å². The minimum Gasteiger partial charge on any atom is -0.445 e. The molecule has 0 aliphatic carbocycles. The van der Waals surface area contributed by atoms with Crippen LogP contribution in [0.1, 0.15) is 12.5 Å². The van der Waals surface area contributed by atoms with Gasteiger partial charge in [0.05, 0.1) is 22.7 Å². The van der Waals surface area contributed by atoms with Crippen molar-refractivity contribution in [1.82, 2.24) is 9.27 Å². The second kappa shape index (κ2) is 8.34. The Morgan fingerprint density at radius 2 is 2.00 bits per heavy atom. The predicted octanol–water partition coefficient (Wildman–Crippen LogP) is 6.18. The van der Waals surface area contributed by atoms with E-state index in [0.29, 0.717) is 10.8 Å². The molecule has 0 radical (unpaired) electrons. The highest BCUT2D eigenvalue weighted by Crippen LogP contribution is 2.37. The summed E-state index contributed by atoms with van der Waals surface area (Å²) in [5.74, 6) is 0.709. The van der Waals surface area contributed by atoms with Gasteiger partial charge in [0, 0.05) is 42.8 Å². The molecule has 4 nitrogen and oxygen atoms in total. The van der Waals surface area contributed by atoms with E-state index in [4.69, 9.17) is 16.3 Å². The highest BCUT2D eigenvalue weighted by Gasteiger charge is 2.10. The molecule has 1 aromatic heterocycles. The number of nitrogens with zero attached hydrogens (tertiary/aromatic N) is 3. The molecule has 0 atom stereocenters.